The van der Waals surface area contributed by atoms with Crippen molar-refractivity contribution < 1.29 is 5.11 Å². The zero-order valence-corrected chi connectivity index (χ0v) is 11.0. The summed E-state index contributed by atoms with van der Waals surface area (Å²) >= 11 is 0. The van der Waals surface area contributed by atoms with Crippen LogP contribution in [-0.4, -0.2) is 11.5 Å². The number of nitrogens with one attached hydrogen (secondary N) is 2. The summed E-state index contributed by atoms with van der Waals surface area (Å²) in [6.07, 6.45) is 17.5. The molecule has 98 valence electrons. The van der Waals surface area contributed by atoms with E-state index in [2.05, 4.69) is 17.2 Å². The van der Waals surface area contributed by atoms with E-state index < -0.39 is 6.35 Å². The van der Waals surface area contributed by atoms with Gasteiger partial charge in [0.05, 0.1) is 0 Å². The van der Waals surface area contributed by atoms with Gasteiger partial charge >= 0.3 is 0 Å². The quantitative estimate of drug-likeness (QED) is 0.456. The molecule has 0 aromatic heterocycles. The summed E-state index contributed by atoms with van der Waals surface area (Å²) in [6.45, 7) is 7.53. The number of aliphatic hydroxyl groups is 1. The molecule has 0 amide bonds. The molecule has 0 radical (unpaired) electrons. The molecule has 3 nitrogen and oxygen atoms in total. The van der Waals surface area contributed by atoms with Gasteiger partial charge in [-0.1, -0.05) is 43.0 Å². The third kappa shape index (κ3) is 9.24. The number of rotatable bonds is 8. The van der Waals surface area contributed by atoms with Gasteiger partial charge in [0.25, 0.3) is 0 Å². The summed E-state index contributed by atoms with van der Waals surface area (Å²) in [5, 5.41) is 15.3. The van der Waals surface area contributed by atoms with Gasteiger partial charge in [-0.25, -0.2) is 0 Å². The number of allylic oxidation sites excluding steroid dienone is 9. The Labute approximate surface area is 110 Å². The molecule has 0 aliphatic rings. The first-order chi connectivity index (χ1) is 8.74. The highest BCUT2D eigenvalue weighted by atomic mass is 16.3. The summed E-state index contributed by atoms with van der Waals surface area (Å²) in [5.74, 6) is 0. The zero-order valence-electron chi connectivity index (χ0n) is 11.0. The predicted molar refractivity (Wildman–Crippen MR) is 78.5 cm³/mol. The van der Waals surface area contributed by atoms with E-state index in [1.54, 1.807) is 18.4 Å². The highest BCUT2D eigenvalue weighted by Gasteiger charge is 1.98. The number of aliphatic hydroxyl groups excluding tert-OH is 1. The fraction of sp³-hybridized carbons (Fsp3) is 0.200. The number of hydrogen-bond donors (Lipinski definition) is 3. The molecule has 3 N–H and O–H groups in total. The van der Waals surface area contributed by atoms with Crippen molar-refractivity contribution in [2.75, 3.05) is 0 Å². The third-order valence-corrected chi connectivity index (χ3v) is 1.87. The molecule has 0 spiro atoms. The maximum absolute atomic E-state index is 9.63. The van der Waals surface area contributed by atoms with Crippen molar-refractivity contribution in [3.63, 3.8) is 0 Å². The van der Waals surface area contributed by atoms with E-state index in [4.69, 9.17) is 0 Å². The molecule has 0 aliphatic carbocycles. The lowest BCUT2D eigenvalue weighted by molar-refractivity contribution is 0.129. The van der Waals surface area contributed by atoms with Crippen LogP contribution in [0, 0.1) is 0 Å². The van der Waals surface area contributed by atoms with E-state index >= 15 is 0 Å². The van der Waals surface area contributed by atoms with E-state index in [9.17, 15) is 5.11 Å². The molecule has 0 fully saturated rings. The van der Waals surface area contributed by atoms with Gasteiger partial charge < -0.3 is 15.7 Å². The molecule has 0 aromatic carbocycles. The summed E-state index contributed by atoms with van der Waals surface area (Å²) < 4.78 is 0. The fourth-order valence-corrected chi connectivity index (χ4v) is 1.02. The average molecular weight is 246 g/mol. The average Bonchev–Trinajstić information content (AvgIpc) is 2.38. The summed E-state index contributed by atoms with van der Waals surface area (Å²) in [5.41, 5.74) is 0.742. The van der Waals surface area contributed by atoms with E-state index in [0.29, 0.717) is 0 Å². The topological polar surface area (TPSA) is 44.3 Å². The maximum atomic E-state index is 9.63. The lowest BCUT2D eigenvalue weighted by Crippen LogP contribution is -2.38. The van der Waals surface area contributed by atoms with Gasteiger partial charge in [0.15, 0.2) is 0 Å². The minimum Gasteiger partial charge on any atom is -0.357 e. The zero-order chi connectivity index (χ0) is 13.6. The van der Waals surface area contributed by atoms with E-state index in [-0.39, 0.29) is 0 Å². The lowest BCUT2D eigenvalue weighted by atomic mass is 10.3. The number of hydrogen-bond acceptors (Lipinski definition) is 3. The first kappa shape index (κ1) is 16.0. The molecule has 1 atom stereocenters. The second-order valence-electron chi connectivity index (χ2n) is 3.34. The minimum absolute atomic E-state index is 0.742. The molecule has 0 saturated carbocycles. The van der Waals surface area contributed by atoms with Crippen LogP contribution in [0.1, 0.15) is 13.8 Å². The Kier molecular flexibility index (Phi) is 10.2. The van der Waals surface area contributed by atoms with Crippen molar-refractivity contribution >= 4 is 0 Å². The van der Waals surface area contributed by atoms with Crippen molar-refractivity contribution in [2.24, 2.45) is 0 Å². The van der Waals surface area contributed by atoms with Gasteiger partial charge in [-0.05, 0) is 32.1 Å². The van der Waals surface area contributed by atoms with E-state index in [1.807, 2.05) is 56.4 Å². The van der Waals surface area contributed by atoms with Crippen LogP contribution in [-0.2, 0) is 0 Å². The molecule has 0 rings (SSSR count). The van der Waals surface area contributed by atoms with Crippen LogP contribution >= 0.6 is 0 Å². The fourth-order valence-electron chi connectivity index (χ4n) is 1.02. The van der Waals surface area contributed by atoms with E-state index in [0.717, 1.165) is 5.70 Å². The van der Waals surface area contributed by atoms with Crippen molar-refractivity contribution in [1.82, 2.24) is 10.6 Å². The molecule has 0 aliphatic heterocycles. The molecular weight excluding hydrogens is 224 g/mol. The first-order valence-electron chi connectivity index (χ1n) is 5.85. The Morgan fingerprint density at radius 3 is 2.33 bits per heavy atom. The Hall–Kier alpha value is -2.00. The molecule has 0 heterocycles. The van der Waals surface area contributed by atoms with Gasteiger partial charge in [0, 0.05) is 11.9 Å². The van der Waals surface area contributed by atoms with Crippen LogP contribution in [0.3, 0.4) is 0 Å². The van der Waals surface area contributed by atoms with Crippen LogP contribution in [0.4, 0.5) is 0 Å². The van der Waals surface area contributed by atoms with Gasteiger partial charge in [-0.15, -0.1) is 0 Å². The van der Waals surface area contributed by atoms with Gasteiger partial charge in [-0.3, -0.25) is 0 Å². The van der Waals surface area contributed by atoms with Crippen LogP contribution in [0.2, 0.25) is 0 Å². The van der Waals surface area contributed by atoms with Gasteiger partial charge in [-0.2, -0.15) is 0 Å². The Morgan fingerprint density at radius 1 is 1.06 bits per heavy atom. The third-order valence-electron chi connectivity index (χ3n) is 1.87. The monoisotopic (exact) mass is 246 g/mol. The van der Waals surface area contributed by atoms with Crippen molar-refractivity contribution in [3.05, 3.63) is 73.2 Å². The largest absolute Gasteiger partial charge is 0.357 e. The normalized spacial score (nSPS) is 14.9. The molecule has 3 heteroatoms. The molecule has 0 aromatic rings. The van der Waals surface area contributed by atoms with Gasteiger partial charge in [0.1, 0.15) is 0 Å². The van der Waals surface area contributed by atoms with Crippen LogP contribution in [0.15, 0.2) is 73.2 Å². The van der Waals surface area contributed by atoms with Crippen LogP contribution in [0.25, 0.3) is 0 Å². The predicted octanol–water partition coefficient (Wildman–Crippen LogP) is 2.73. The van der Waals surface area contributed by atoms with Crippen LogP contribution in [0.5, 0.6) is 0 Å². The van der Waals surface area contributed by atoms with E-state index in [1.165, 1.54) is 0 Å². The molecule has 1 unspecified atom stereocenters. The molecular formula is C15H22N2O. The summed E-state index contributed by atoms with van der Waals surface area (Å²) in [6, 6.07) is 0. The molecule has 0 saturated heterocycles. The van der Waals surface area contributed by atoms with Crippen LogP contribution < -0.4 is 10.6 Å². The second-order valence-corrected chi connectivity index (χ2v) is 3.34. The van der Waals surface area contributed by atoms with Gasteiger partial charge in [0.2, 0.25) is 6.35 Å². The highest BCUT2D eigenvalue weighted by Crippen LogP contribution is 1.92. The Bertz CT molecular complexity index is 363. The Morgan fingerprint density at radius 2 is 1.72 bits per heavy atom. The SMILES string of the molecule is C=C/C(=C\C=C/C)NC(O)N/C=C/C=C\C=C/C. The maximum Gasteiger partial charge on any atom is 0.202 e. The summed E-state index contributed by atoms with van der Waals surface area (Å²) in [7, 11) is 0. The lowest BCUT2D eigenvalue weighted by Gasteiger charge is -2.14. The summed E-state index contributed by atoms with van der Waals surface area (Å²) in [4.78, 5) is 0. The first-order valence-corrected chi connectivity index (χ1v) is 5.85. The van der Waals surface area contributed by atoms with Crippen molar-refractivity contribution in [2.45, 2.75) is 20.2 Å². The van der Waals surface area contributed by atoms with Crippen molar-refractivity contribution in [3.8, 4) is 0 Å². The van der Waals surface area contributed by atoms with Crippen molar-refractivity contribution in [1.29, 1.82) is 0 Å². The highest BCUT2D eigenvalue weighted by molar-refractivity contribution is 5.20. The standard InChI is InChI=1S/C15H22N2O/c1-4-7-9-10-11-13-16-15(18)17-14(6-3)12-8-5-2/h4-13,15-18H,3H2,1-2H3/b7-4-,8-5-,10-9-,13-11+,14-12+. The second kappa shape index (κ2) is 11.5. The molecule has 18 heavy (non-hydrogen) atoms. The minimum atomic E-state index is -0.856. The molecule has 0 bridgehead atoms. The smallest absolute Gasteiger partial charge is 0.202 e. The Balaban J connectivity index is 4.09.